The van der Waals surface area contributed by atoms with Crippen molar-refractivity contribution in [3.63, 3.8) is 0 Å². The number of aromatic nitrogens is 2. The van der Waals surface area contributed by atoms with E-state index in [2.05, 4.69) is 107 Å². The smallest absolute Gasteiger partial charge is 0.0892 e. The van der Waals surface area contributed by atoms with Crippen molar-refractivity contribution in [1.29, 1.82) is 0 Å². The Morgan fingerprint density at radius 1 is 0.500 bits per heavy atom. The molecule has 2 aromatic heterocycles. The first-order valence-corrected chi connectivity index (χ1v) is 12.8. The molecule has 2 nitrogen and oxygen atoms in total. The maximum absolute atomic E-state index is 4.54. The zero-order valence-corrected chi connectivity index (χ0v) is 19.7. The third-order valence-electron chi connectivity index (χ3n) is 5.00. The van der Waals surface area contributed by atoms with Crippen molar-refractivity contribution in [3.05, 3.63) is 107 Å². The summed E-state index contributed by atoms with van der Waals surface area (Å²) in [7, 11) is 0. The molecule has 4 aromatic rings. The minimum Gasteiger partial charge on any atom is -0.255 e. The summed E-state index contributed by atoms with van der Waals surface area (Å²) in [4.78, 5) is 11.6. The van der Waals surface area contributed by atoms with Gasteiger partial charge < -0.3 is 0 Å². The van der Waals surface area contributed by atoms with Crippen molar-refractivity contribution in [2.75, 3.05) is 12.5 Å². The highest BCUT2D eigenvalue weighted by atomic mass is 32.2. The Labute approximate surface area is 198 Å². The molecule has 0 saturated heterocycles. The number of thioether (sulfide) groups is 2. The molecule has 0 amide bonds. The van der Waals surface area contributed by atoms with E-state index < -0.39 is 0 Å². The van der Waals surface area contributed by atoms with Crippen LogP contribution in [0.15, 0.2) is 95.0 Å². The first-order chi connectivity index (χ1) is 15.7. The van der Waals surface area contributed by atoms with Crippen molar-refractivity contribution < 1.29 is 0 Å². The molecule has 0 aliphatic heterocycles. The predicted molar refractivity (Wildman–Crippen MR) is 142 cm³/mol. The van der Waals surface area contributed by atoms with Gasteiger partial charge in [-0.3, -0.25) is 9.97 Å². The third kappa shape index (κ3) is 6.00. The predicted octanol–water partition coefficient (Wildman–Crippen LogP) is 7.93. The summed E-state index contributed by atoms with van der Waals surface area (Å²) in [5, 5.41) is 0. The van der Waals surface area contributed by atoms with Crippen LogP contribution in [-0.4, -0.2) is 22.5 Å². The monoisotopic (exact) mass is 452 g/mol. The molecular weight excluding hydrogens is 428 g/mol. The van der Waals surface area contributed by atoms with Crippen molar-refractivity contribution in [1.82, 2.24) is 9.97 Å². The summed E-state index contributed by atoms with van der Waals surface area (Å²) < 4.78 is 0. The summed E-state index contributed by atoms with van der Waals surface area (Å²) in [6, 6.07) is 25.3. The molecule has 0 bridgehead atoms. The van der Waals surface area contributed by atoms with Gasteiger partial charge in [-0.1, -0.05) is 48.6 Å². The largest absolute Gasteiger partial charge is 0.255 e. The normalized spacial score (nSPS) is 11.4. The minimum absolute atomic E-state index is 0.865. The van der Waals surface area contributed by atoms with E-state index in [1.165, 1.54) is 20.9 Å². The fourth-order valence-electron chi connectivity index (χ4n) is 3.20. The average molecular weight is 453 g/mol. The van der Waals surface area contributed by atoms with E-state index in [0.717, 1.165) is 22.5 Å². The molecule has 0 radical (unpaired) electrons. The van der Waals surface area contributed by atoms with Gasteiger partial charge >= 0.3 is 0 Å². The lowest BCUT2D eigenvalue weighted by atomic mass is 10.1. The maximum Gasteiger partial charge on any atom is 0.0892 e. The highest BCUT2D eigenvalue weighted by Crippen LogP contribution is 2.21. The van der Waals surface area contributed by atoms with Crippen LogP contribution < -0.4 is 0 Å². The quantitative estimate of drug-likeness (QED) is 0.266. The summed E-state index contributed by atoms with van der Waals surface area (Å²) in [5.74, 6) is 0. The topological polar surface area (TPSA) is 25.8 Å². The van der Waals surface area contributed by atoms with E-state index in [1.54, 1.807) is 23.5 Å². The number of hydrogen-bond acceptors (Lipinski definition) is 4. The second-order valence-electron chi connectivity index (χ2n) is 7.16. The first kappa shape index (κ1) is 22.1. The molecule has 32 heavy (non-hydrogen) atoms. The Morgan fingerprint density at radius 2 is 0.875 bits per heavy atom. The minimum atomic E-state index is 0.865. The zero-order valence-electron chi connectivity index (χ0n) is 18.1. The molecule has 2 heterocycles. The van der Waals surface area contributed by atoms with Gasteiger partial charge in [0.25, 0.3) is 0 Å². The number of hydrogen-bond donors (Lipinski definition) is 0. The van der Waals surface area contributed by atoms with Gasteiger partial charge in [0.1, 0.15) is 0 Å². The summed E-state index contributed by atoms with van der Waals surface area (Å²) >= 11 is 3.50. The Balaban J connectivity index is 1.51. The van der Waals surface area contributed by atoms with Gasteiger partial charge in [0.15, 0.2) is 0 Å². The van der Waals surface area contributed by atoms with Crippen LogP contribution in [0.25, 0.3) is 35.7 Å². The highest BCUT2D eigenvalue weighted by Gasteiger charge is 2.02. The van der Waals surface area contributed by atoms with Gasteiger partial charge in [0.2, 0.25) is 0 Å². The maximum atomic E-state index is 4.54. The number of pyridine rings is 2. The van der Waals surface area contributed by atoms with Gasteiger partial charge in [0.05, 0.1) is 11.4 Å². The Morgan fingerprint density at radius 3 is 1.25 bits per heavy atom. The molecule has 4 heteroatoms. The lowest BCUT2D eigenvalue weighted by molar-refractivity contribution is 1.24. The highest BCUT2D eigenvalue weighted by molar-refractivity contribution is 7.98. The fraction of sp³-hybridized carbons (Fsp3) is 0.0714. The number of rotatable bonds is 7. The van der Waals surface area contributed by atoms with Crippen LogP contribution in [-0.2, 0) is 0 Å². The molecule has 158 valence electrons. The molecular formula is C28H24N2S2. The zero-order chi connectivity index (χ0) is 22.2. The molecule has 0 spiro atoms. The van der Waals surface area contributed by atoms with Crippen LogP contribution >= 0.6 is 23.5 Å². The standard InChI is InChI=1S/C28H24N2S2/c1-31-25-11-7-21(8-12-25)3-5-23-15-17-29-27(19-23)28-20-24(16-18-30-28)6-4-22-9-13-26(32-2)14-10-22/h3-20H,1-2H3/b5-3+,6-4+. The molecule has 0 unspecified atom stereocenters. The molecule has 0 saturated carbocycles. The van der Waals surface area contributed by atoms with E-state index in [9.17, 15) is 0 Å². The van der Waals surface area contributed by atoms with Crippen LogP contribution in [0, 0.1) is 0 Å². The summed E-state index contributed by atoms with van der Waals surface area (Å²) in [6.07, 6.45) is 16.3. The van der Waals surface area contributed by atoms with Gasteiger partial charge in [-0.2, -0.15) is 0 Å². The lowest BCUT2D eigenvalue weighted by Crippen LogP contribution is -1.88. The van der Waals surface area contributed by atoms with Gasteiger partial charge in [0, 0.05) is 22.2 Å². The molecule has 0 aliphatic carbocycles. The van der Waals surface area contributed by atoms with Crippen LogP contribution in [0.4, 0.5) is 0 Å². The second kappa shape index (κ2) is 11.0. The van der Waals surface area contributed by atoms with Crippen LogP contribution in [0.5, 0.6) is 0 Å². The SMILES string of the molecule is CSc1ccc(/C=C/c2ccnc(-c3cc(/C=C/c4ccc(SC)cc4)ccn3)c2)cc1. The van der Waals surface area contributed by atoms with E-state index in [4.69, 9.17) is 0 Å². The molecule has 0 fully saturated rings. The average Bonchev–Trinajstić information content (AvgIpc) is 2.87. The number of benzene rings is 2. The Kier molecular flexibility index (Phi) is 7.59. The molecule has 0 aliphatic rings. The molecule has 0 N–H and O–H groups in total. The van der Waals surface area contributed by atoms with E-state index in [-0.39, 0.29) is 0 Å². The van der Waals surface area contributed by atoms with Crippen molar-refractivity contribution >= 4 is 47.8 Å². The van der Waals surface area contributed by atoms with Crippen molar-refractivity contribution in [3.8, 4) is 11.4 Å². The Hall–Kier alpha value is -3.08. The molecule has 0 atom stereocenters. The van der Waals surface area contributed by atoms with Crippen LogP contribution in [0.1, 0.15) is 22.3 Å². The van der Waals surface area contributed by atoms with Gasteiger partial charge in [-0.15, -0.1) is 23.5 Å². The Bertz CT molecular complexity index is 1130. The van der Waals surface area contributed by atoms with Gasteiger partial charge in [-0.25, -0.2) is 0 Å². The fourth-order valence-corrected chi connectivity index (χ4v) is 4.01. The van der Waals surface area contributed by atoms with E-state index in [1.807, 2.05) is 24.5 Å². The lowest BCUT2D eigenvalue weighted by Gasteiger charge is -2.03. The molecule has 4 rings (SSSR count). The summed E-state index contributed by atoms with van der Waals surface area (Å²) in [5.41, 5.74) is 6.28. The molecule has 2 aromatic carbocycles. The van der Waals surface area contributed by atoms with E-state index in [0.29, 0.717) is 0 Å². The number of nitrogens with zero attached hydrogens (tertiary/aromatic N) is 2. The van der Waals surface area contributed by atoms with Crippen molar-refractivity contribution in [2.45, 2.75) is 9.79 Å². The van der Waals surface area contributed by atoms with Crippen LogP contribution in [0.2, 0.25) is 0 Å². The first-order valence-electron chi connectivity index (χ1n) is 10.3. The van der Waals surface area contributed by atoms with Crippen molar-refractivity contribution in [2.24, 2.45) is 0 Å². The summed E-state index contributed by atoms with van der Waals surface area (Å²) in [6.45, 7) is 0. The van der Waals surface area contributed by atoms with Gasteiger partial charge in [-0.05, 0) is 83.3 Å². The second-order valence-corrected chi connectivity index (χ2v) is 8.92. The third-order valence-corrected chi connectivity index (χ3v) is 6.49. The van der Waals surface area contributed by atoms with Crippen LogP contribution in [0.3, 0.4) is 0 Å². The van der Waals surface area contributed by atoms with E-state index >= 15 is 0 Å².